The van der Waals surface area contributed by atoms with Crippen molar-refractivity contribution in [3.63, 3.8) is 0 Å². The summed E-state index contributed by atoms with van der Waals surface area (Å²) in [7, 11) is 0. The van der Waals surface area contributed by atoms with Crippen LogP contribution in [0.2, 0.25) is 0 Å². The van der Waals surface area contributed by atoms with E-state index in [1.807, 2.05) is 22.7 Å². The Morgan fingerprint density at radius 2 is 0.906 bits per heavy atom. The molecule has 11 aromatic rings. The minimum atomic E-state index is 1.14. The second-order valence-electron chi connectivity index (χ2n) is 13.7. The topological polar surface area (TPSA) is 3.24 Å². The van der Waals surface area contributed by atoms with E-state index in [1.54, 1.807) is 0 Å². The molecule has 0 spiro atoms. The van der Waals surface area contributed by atoms with Crippen LogP contribution in [0.5, 0.6) is 0 Å². The van der Waals surface area contributed by atoms with Crippen molar-refractivity contribution in [2.75, 3.05) is 4.90 Å². The molecule has 0 bridgehead atoms. The van der Waals surface area contributed by atoms with Gasteiger partial charge >= 0.3 is 0 Å². The Bertz CT molecular complexity index is 3170. The maximum absolute atomic E-state index is 2.50. The van der Waals surface area contributed by atoms with Crippen LogP contribution in [0.3, 0.4) is 0 Å². The fourth-order valence-electron chi connectivity index (χ4n) is 8.11. The van der Waals surface area contributed by atoms with Gasteiger partial charge in [-0.1, -0.05) is 140 Å². The van der Waals surface area contributed by atoms with Crippen LogP contribution in [0.1, 0.15) is 0 Å². The van der Waals surface area contributed by atoms with Crippen molar-refractivity contribution in [3.8, 4) is 22.3 Å². The highest BCUT2D eigenvalue weighted by molar-refractivity contribution is 7.26. The number of hydrogen-bond donors (Lipinski definition) is 0. The summed E-state index contributed by atoms with van der Waals surface area (Å²) in [5, 5.41) is 10.2. The molecule has 3 heteroatoms. The molecule has 0 saturated carbocycles. The first-order valence-corrected chi connectivity index (χ1v) is 19.6. The first kappa shape index (κ1) is 30.4. The van der Waals surface area contributed by atoms with Crippen LogP contribution in [-0.2, 0) is 0 Å². The molecule has 9 aromatic carbocycles. The second-order valence-corrected chi connectivity index (χ2v) is 15.8. The van der Waals surface area contributed by atoms with Gasteiger partial charge in [0.1, 0.15) is 0 Å². The van der Waals surface area contributed by atoms with E-state index in [4.69, 9.17) is 0 Å². The van der Waals surface area contributed by atoms with E-state index in [1.165, 1.54) is 89.8 Å². The van der Waals surface area contributed by atoms with Crippen LogP contribution in [-0.4, -0.2) is 0 Å². The van der Waals surface area contributed by atoms with E-state index in [-0.39, 0.29) is 0 Å². The smallest absolute Gasteiger partial charge is 0.0555 e. The largest absolute Gasteiger partial charge is 0.310 e. The quantitative estimate of drug-likeness (QED) is 0.161. The normalized spacial score (nSPS) is 11.8. The Morgan fingerprint density at radius 3 is 1.72 bits per heavy atom. The Morgan fingerprint density at radius 1 is 0.340 bits per heavy atom. The van der Waals surface area contributed by atoms with Gasteiger partial charge in [0.25, 0.3) is 0 Å². The lowest BCUT2D eigenvalue weighted by Gasteiger charge is -2.27. The van der Waals surface area contributed by atoms with Crippen molar-refractivity contribution in [3.05, 3.63) is 188 Å². The van der Waals surface area contributed by atoms with Gasteiger partial charge in [-0.2, -0.15) is 0 Å². The van der Waals surface area contributed by atoms with Gasteiger partial charge in [0.05, 0.1) is 5.69 Å². The van der Waals surface area contributed by atoms with E-state index >= 15 is 0 Å². The van der Waals surface area contributed by atoms with Gasteiger partial charge in [0.15, 0.2) is 0 Å². The third-order valence-electron chi connectivity index (χ3n) is 10.7. The van der Waals surface area contributed by atoms with Crippen molar-refractivity contribution in [1.82, 2.24) is 0 Å². The Labute approximate surface area is 315 Å². The molecule has 0 aliphatic rings. The fraction of sp³-hybridized carbons (Fsp3) is 0. The summed E-state index contributed by atoms with van der Waals surface area (Å²) in [6.45, 7) is 0. The molecule has 0 aliphatic heterocycles. The van der Waals surface area contributed by atoms with Crippen molar-refractivity contribution in [1.29, 1.82) is 0 Å². The maximum Gasteiger partial charge on any atom is 0.0555 e. The number of anilines is 3. The maximum atomic E-state index is 2.50. The summed E-state index contributed by atoms with van der Waals surface area (Å²) in [5.41, 5.74) is 8.42. The number of rotatable bonds is 5. The van der Waals surface area contributed by atoms with E-state index < -0.39 is 0 Å². The highest BCUT2D eigenvalue weighted by atomic mass is 32.1. The molecule has 0 atom stereocenters. The first-order chi connectivity index (χ1) is 26.3. The lowest BCUT2D eigenvalue weighted by Crippen LogP contribution is -2.10. The predicted octanol–water partition coefficient (Wildman–Crippen LogP) is 15.5. The molecule has 0 radical (unpaired) electrons. The summed E-state index contributed by atoms with van der Waals surface area (Å²) >= 11 is 3.76. The molecule has 0 unspecified atom stereocenters. The molecule has 2 aromatic heterocycles. The van der Waals surface area contributed by atoms with E-state index in [9.17, 15) is 0 Å². The molecule has 11 rings (SSSR count). The minimum Gasteiger partial charge on any atom is -0.310 e. The standard InChI is InChI=1S/C50H31NS2/c1-2-10-32(11-3-1)33-18-20-35(21-19-33)40-27-28-45(49-42-15-7-9-17-47(42)53-50(40)49)51(38-26-29-48-44(31-38)41-14-6-8-16-46(41)52-48)37-25-24-36-23-22-34-12-4-5-13-39(34)43(36)30-37/h1-31H. The molecule has 0 fully saturated rings. The lowest BCUT2D eigenvalue weighted by atomic mass is 9.97. The summed E-state index contributed by atoms with van der Waals surface area (Å²) in [6.07, 6.45) is 0. The van der Waals surface area contributed by atoms with Crippen molar-refractivity contribution < 1.29 is 0 Å². The Balaban J connectivity index is 1.18. The van der Waals surface area contributed by atoms with Gasteiger partial charge in [0, 0.05) is 51.7 Å². The summed E-state index contributed by atoms with van der Waals surface area (Å²) < 4.78 is 5.22. The molecule has 1 nitrogen and oxygen atoms in total. The molecule has 0 amide bonds. The van der Waals surface area contributed by atoms with Crippen LogP contribution in [0.15, 0.2) is 188 Å². The lowest BCUT2D eigenvalue weighted by molar-refractivity contribution is 1.31. The molecule has 248 valence electrons. The highest BCUT2D eigenvalue weighted by Crippen LogP contribution is 2.49. The van der Waals surface area contributed by atoms with Gasteiger partial charge in [-0.05, 0) is 92.3 Å². The number of thiophene rings is 2. The Kier molecular flexibility index (Phi) is 6.97. The number of benzene rings is 9. The average molecular weight is 710 g/mol. The number of fused-ring (bicyclic) bond motifs is 9. The van der Waals surface area contributed by atoms with Gasteiger partial charge in [0.2, 0.25) is 0 Å². The van der Waals surface area contributed by atoms with Crippen LogP contribution in [0, 0.1) is 0 Å². The Hall–Kier alpha value is -6.26. The van der Waals surface area contributed by atoms with Crippen LogP contribution in [0.4, 0.5) is 17.1 Å². The zero-order valence-electron chi connectivity index (χ0n) is 28.7. The summed E-state index contributed by atoms with van der Waals surface area (Å²) in [5.74, 6) is 0. The predicted molar refractivity (Wildman–Crippen MR) is 233 cm³/mol. The van der Waals surface area contributed by atoms with Gasteiger partial charge in [-0.3, -0.25) is 0 Å². The van der Waals surface area contributed by atoms with E-state index in [2.05, 4.69) is 193 Å². The molecule has 2 heterocycles. The highest BCUT2D eigenvalue weighted by Gasteiger charge is 2.22. The van der Waals surface area contributed by atoms with Crippen LogP contribution in [0.25, 0.3) is 84.1 Å². The summed E-state index contributed by atoms with van der Waals surface area (Å²) in [4.78, 5) is 2.50. The average Bonchev–Trinajstić information content (AvgIpc) is 3.80. The number of hydrogen-bond acceptors (Lipinski definition) is 3. The van der Waals surface area contributed by atoms with Gasteiger partial charge < -0.3 is 4.90 Å². The molecule has 53 heavy (non-hydrogen) atoms. The number of nitrogens with zero attached hydrogens (tertiary/aromatic N) is 1. The molecule has 0 aliphatic carbocycles. The zero-order chi connectivity index (χ0) is 34.9. The third-order valence-corrected chi connectivity index (χ3v) is 13.0. The van der Waals surface area contributed by atoms with Crippen LogP contribution >= 0.6 is 22.7 Å². The van der Waals surface area contributed by atoms with Crippen molar-refractivity contribution >= 4 is 102 Å². The van der Waals surface area contributed by atoms with E-state index in [0.29, 0.717) is 0 Å². The van der Waals surface area contributed by atoms with Crippen molar-refractivity contribution in [2.45, 2.75) is 0 Å². The molecular formula is C50H31NS2. The third kappa shape index (κ3) is 4.97. The van der Waals surface area contributed by atoms with Gasteiger partial charge in [-0.15, -0.1) is 22.7 Å². The monoisotopic (exact) mass is 709 g/mol. The first-order valence-electron chi connectivity index (χ1n) is 18.0. The van der Waals surface area contributed by atoms with Crippen molar-refractivity contribution in [2.24, 2.45) is 0 Å². The zero-order valence-corrected chi connectivity index (χ0v) is 30.3. The van der Waals surface area contributed by atoms with Gasteiger partial charge in [-0.25, -0.2) is 0 Å². The van der Waals surface area contributed by atoms with Crippen LogP contribution < -0.4 is 4.90 Å². The van der Waals surface area contributed by atoms with E-state index in [0.717, 1.165) is 11.4 Å². The second kappa shape index (κ2) is 12.2. The molecule has 0 saturated heterocycles. The fourth-order valence-corrected chi connectivity index (χ4v) is 10.5. The summed E-state index contributed by atoms with van der Waals surface area (Å²) in [6, 6.07) is 69.3. The molecular weight excluding hydrogens is 679 g/mol. The molecule has 0 N–H and O–H groups in total. The SMILES string of the molecule is c1ccc(-c2ccc(-c3ccc(N(c4ccc5ccc6ccccc6c5c4)c4ccc5sc6ccccc6c5c4)c4c3sc3ccccc34)cc2)cc1. The minimum absolute atomic E-state index is 1.14.